The first kappa shape index (κ1) is 18.6. The van der Waals surface area contributed by atoms with Crippen molar-refractivity contribution < 1.29 is 23.1 Å². The lowest BCUT2D eigenvalue weighted by Gasteiger charge is -2.27. The Labute approximate surface area is 125 Å². The highest BCUT2D eigenvalue weighted by Crippen LogP contribution is 2.52. The van der Waals surface area contributed by atoms with E-state index >= 15 is 0 Å². The van der Waals surface area contributed by atoms with Gasteiger partial charge < -0.3 is 13.8 Å². The van der Waals surface area contributed by atoms with Crippen LogP contribution in [0.4, 0.5) is 0 Å². The monoisotopic (exact) mass is 408 g/mol. The predicted molar refractivity (Wildman–Crippen MR) is 77.8 cm³/mol. The summed E-state index contributed by atoms with van der Waals surface area (Å²) in [6.07, 6.45) is -0.0776. The fraction of sp³-hybridized carbons (Fsp3) is 0.900. The Morgan fingerprint density at radius 2 is 1.67 bits per heavy atom. The van der Waals surface area contributed by atoms with Crippen molar-refractivity contribution in [2.45, 2.75) is 25.1 Å². The van der Waals surface area contributed by atoms with Crippen LogP contribution < -0.4 is 0 Å². The molecule has 0 amide bonds. The minimum absolute atomic E-state index is 0.0776. The Kier molecular flexibility index (Phi) is 8.97. The van der Waals surface area contributed by atoms with Gasteiger partial charge in [0.2, 0.25) is 0 Å². The molecule has 5 nitrogen and oxygen atoms in total. The summed E-state index contributed by atoms with van der Waals surface area (Å²) in [6, 6.07) is 0. The predicted octanol–water partition coefficient (Wildman–Crippen LogP) is 3.34. The highest BCUT2D eigenvalue weighted by molar-refractivity contribution is 9.12. The zero-order chi connectivity index (χ0) is 14.2. The normalized spacial score (nSPS) is 15.2. The van der Waals surface area contributed by atoms with E-state index in [2.05, 4.69) is 31.9 Å². The van der Waals surface area contributed by atoms with Crippen LogP contribution in [0.1, 0.15) is 20.8 Å². The second kappa shape index (κ2) is 8.69. The molecule has 0 saturated heterocycles. The van der Waals surface area contributed by atoms with Gasteiger partial charge in [-0.3, -0.25) is 9.36 Å². The van der Waals surface area contributed by atoms with Gasteiger partial charge >= 0.3 is 13.6 Å². The van der Waals surface area contributed by atoms with Crippen molar-refractivity contribution >= 4 is 45.4 Å². The summed E-state index contributed by atoms with van der Waals surface area (Å²) in [4.78, 5) is 11.9. The van der Waals surface area contributed by atoms with Gasteiger partial charge in [0.1, 0.15) is 4.32 Å². The third kappa shape index (κ3) is 5.70. The lowest BCUT2D eigenvalue weighted by atomic mass is 10.2. The van der Waals surface area contributed by atoms with E-state index in [1.54, 1.807) is 20.8 Å². The third-order valence-corrected chi connectivity index (χ3v) is 7.21. The summed E-state index contributed by atoms with van der Waals surface area (Å²) in [7, 11) is -3.31. The minimum Gasteiger partial charge on any atom is -0.465 e. The van der Waals surface area contributed by atoms with Gasteiger partial charge in [-0.25, -0.2) is 0 Å². The first-order valence-electron chi connectivity index (χ1n) is 5.67. The third-order valence-electron chi connectivity index (χ3n) is 1.95. The number of carbonyl (C=O) groups excluding carboxylic acids is 1. The van der Waals surface area contributed by atoms with Crippen molar-refractivity contribution in [1.82, 2.24) is 0 Å². The second-order valence-electron chi connectivity index (χ2n) is 3.42. The molecule has 8 heteroatoms. The van der Waals surface area contributed by atoms with E-state index in [0.29, 0.717) is 0 Å². The molecule has 18 heavy (non-hydrogen) atoms. The largest absolute Gasteiger partial charge is 0.465 e. The van der Waals surface area contributed by atoms with Crippen LogP contribution in [0.2, 0.25) is 0 Å². The number of hydrogen-bond donors (Lipinski definition) is 0. The van der Waals surface area contributed by atoms with Gasteiger partial charge in [-0.15, -0.1) is 0 Å². The van der Waals surface area contributed by atoms with Gasteiger partial charge in [-0.1, -0.05) is 31.9 Å². The van der Waals surface area contributed by atoms with Crippen LogP contribution in [0.3, 0.4) is 0 Å². The highest BCUT2D eigenvalue weighted by Gasteiger charge is 2.44. The molecule has 0 aromatic heterocycles. The molecule has 0 aromatic rings. The van der Waals surface area contributed by atoms with Crippen LogP contribution >= 0.6 is 39.5 Å². The molecular formula is C10H19Br2O5P. The van der Waals surface area contributed by atoms with Crippen LogP contribution in [0.25, 0.3) is 0 Å². The molecule has 0 fully saturated rings. The van der Waals surface area contributed by atoms with E-state index < -0.39 is 17.9 Å². The Hall–Kier alpha value is 0.580. The molecule has 1 unspecified atom stereocenters. The van der Waals surface area contributed by atoms with Crippen molar-refractivity contribution in [3.63, 3.8) is 0 Å². The van der Waals surface area contributed by atoms with Gasteiger partial charge in [0.05, 0.1) is 26.0 Å². The summed E-state index contributed by atoms with van der Waals surface area (Å²) >= 11 is 6.49. The van der Waals surface area contributed by atoms with Crippen molar-refractivity contribution in [3.05, 3.63) is 0 Å². The maximum atomic E-state index is 12.4. The molecule has 0 bridgehead atoms. The molecule has 108 valence electrons. The summed E-state index contributed by atoms with van der Waals surface area (Å²) in [5.74, 6) is -0.485. The van der Waals surface area contributed by atoms with E-state index in [-0.39, 0.29) is 31.3 Å². The molecular weight excluding hydrogens is 391 g/mol. The van der Waals surface area contributed by atoms with Crippen molar-refractivity contribution in [1.29, 1.82) is 0 Å². The molecule has 0 radical (unpaired) electrons. The van der Waals surface area contributed by atoms with Gasteiger partial charge in [-0.2, -0.15) is 0 Å². The zero-order valence-corrected chi connectivity index (χ0v) is 14.8. The summed E-state index contributed by atoms with van der Waals surface area (Å²) in [5.41, 5.74) is 0. The molecule has 0 aliphatic carbocycles. The highest BCUT2D eigenvalue weighted by atomic mass is 79.9. The number of hydrogen-bond acceptors (Lipinski definition) is 5. The molecule has 0 rings (SSSR count). The SMILES string of the molecule is CCOC(=O)C(Br)(CBr)CP(=O)(OCC)OCC. The van der Waals surface area contributed by atoms with E-state index in [9.17, 15) is 9.36 Å². The van der Waals surface area contributed by atoms with Crippen molar-refractivity contribution in [2.75, 3.05) is 31.3 Å². The fourth-order valence-electron chi connectivity index (χ4n) is 1.25. The quantitative estimate of drug-likeness (QED) is 0.332. The summed E-state index contributed by atoms with van der Waals surface area (Å²) < 4.78 is 26.6. The van der Waals surface area contributed by atoms with Gasteiger partial charge in [0, 0.05) is 5.33 Å². The molecule has 0 aliphatic rings. The number of carbonyl (C=O) groups is 1. The van der Waals surface area contributed by atoms with Crippen molar-refractivity contribution in [3.8, 4) is 0 Å². The molecule has 0 aromatic carbocycles. The number of rotatable bonds is 9. The Bertz CT molecular complexity index is 303. The van der Waals surface area contributed by atoms with Crippen LogP contribution in [0.15, 0.2) is 0 Å². The molecule has 1 atom stereocenters. The first-order chi connectivity index (χ1) is 8.37. The number of esters is 1. The lowest BCUT2D eigenvalue weighted by molar-refractivity contribution is -0.144. The van der Waals surface area contributed by atoms with Gasteiger partial charge in [0.25, 0.3) is 0 Å². The maximum absolute atomic E-state index is 12.4. The second-order valence-corrected chi connectivity index (χ2v) is 7.56. The zero-order valence-electron chi connectivity index (χ0n) is 10.8. The number of ether oxygens (including phenoxy) is 1. The maximum Gasteiger partial charge on any atom is 0.332 e. The summed E-state index contributed by atoms with van der Waals surface area (Å²) in [5, 5.41) is 0.253. The number of halogens is 2. The Balaban J connectivity index is 4.95. The van der Waals surface area contributed by atoms with E-state index in [0.717, 1.165) is 0 Å². The molecule has 0 saturated carbocycles. The minimum atomic E-state index is -3.31. The van der Waals surface area contributed by atoms with Crippen LogP contribution in [0, 0.1) is 0 Å². The van der Waals surface area contributed by atoms with E-state index in [1.807, 2.05) is 0 Å². The lowest BCUT2D eigenvalue weighted by Crippen LogP contribution is -2.39. The smallest absolute Gasteiger partial charge is 0.332 e. The van der Waals surface area contributed by atoms with Crippen molar-refractivity contribution in [2.24, 2.45) is 0 Å². The molecule has 0 spiro atoms. The van der Waals surface area contributed by atoms with Crippen LogP contribution in [-0.4, -0.2) is 41.6 Å². The van der Waals surface area contributed by atoms with Gasteiger partial charge in [-0.05, 0) is 20.8 Å². The van der Waals surface area contributed by atoms with E-state index in [1.165, 1.54) is 0 Å². The molecule has 0 N–H and O–H groups in total. The number of alkyl halides is 2. The topological polar surface area (TPSA) is 61.8 Å². The Morgan fingerprint density at radius 3 is 2.00 bits per heavy atom. The average Bonchev–Trinajstić information content (AvgIpc) is 2.29. The van der Waals surface area contributed by atoms with Gasteiger partial charge in [0.15, 0.2) is 0 Å². The first-order valence-corrected chi connectivity index (χ1v) is 9.32. The standard InChI is InChI=1S/C10H19Br2O5P/c1-4-15-9(13)10(12,7-11)8-18(14,16-5-2)17-6-3/h4-8H2,1-3H3. The van der Waals surface area contributed by atoms with Crippen LogP contribution in [0.5, 0.6) is 0 Å². The molecule has 0 aliphatic heterocycles. The summed E-state index contributed by atoms with van der Waals surface area (Å²) in [6.45, 7) is 5.92. The molecule has 0 heterocycles. The van der Waals surface area contributed by atoms with E-state index in [4.69, 9.17) is 13.8 Å². The fourth-order valence-corrected chi connectivity index (χ4v) is 4.92. The van der Waals surface area contributed by atoms with Crippen LogP contribution in [-0.2, 0) is 23.1 Å². The Morgan fingerprint density at radius 1 is 1.17 bits per heavy atom. The average molecular weight is 410 g/mol.